The van der Waals surface area contributed by atoms with Gasteiger partial charge in [-0.05, 0) is 45.0 Å². The van der Waals surface area contributed by atoms with Crippen molar-refractivity contribution in [2.24, 2.45) is 0 Å². The molecular formula is C21H26ClFN4O2. The van der Waals surface area contributed by atoms with E-state index in [0.29, 0.717) is 24.4 Å². The number of aryl methyl sites for hydroxylation is 1. The molecule has 29 heavy (non-hydrogen) atoms. The lowest BCUT2D eigenvalue weighted by atomic mass is 10.0. The van der Waals surface area contributed by atoms with Gasteiger partial charge in [-0.25, -0.2) is 4.39 Å². The van der Waals surface area contributed by atoms with Crippen molar-refractivity contribution in [3.63, 3.8) is 0 Å². The van der Waals surface area contributed by atoms with Crippen LogP contribution in [0.4, 0.5) is 4.39 Å². The second-order valence-electron chi connectivity index (χ2n) is 7.74. The summed E-state index contributed by atoms with van der Waals surface area (Å²) in [5.41, 5.74) is 0.577. The minimum Gasteiger partial charge on any atom is -0.360 e. The van der Waals surface area contributed by atoms with E-state index >= 15 is 0 Å². The van der Waals surface area contributed by atoms with Gasteiger partial charge in [-0.3, -0.25) is 9.69 Å². The Morgan fingerprint density at radius 2 is 1.76 bits per heavy atom. The molecule has 2 aliphatic rings. The Bertz CT molecular complexity index is 853. The predicted octanol–water partition coefficient (Wildman–Crippen LogP) is 3.30. The number of hydrogen-bond donors (Lipinski definition) is 0. The van der Waals surface area contributed by atoms with E-state index in [0.717, 1.165) is 26.2 Å². The van der Waals surface area contributed by atoms with Gasteiger partial charge in [0.25, 0.3) is 5.91 Å². The van der Waals surface area contributed by atoms with E-state index in [-0.39, 0.29) is 22.2 Å². The number of likely N-dealkylation sites (tertiary alicyclic amines) is 1. The van der Waals surface area contributed by atoms with Crippen molar-refractivity contribution in [1.82, 2.24) is 19.9 Å². The Labute approximate surface area is 175 Å². The fourth-order valence-corrected chi connectivity index (χ4v) is 4.39. The average Bonchev–Trinajstić information content (AvgIpc) is 3.36. The molecule has 0 atom stereocenters. The van der Waals surface area contributed by atoms with Crippen molar-refractivity contribution in [1.29, 1.82) is 0 Å². The molecule has 2 aromatic rings. The average molecular weight is 421 g/mol. The van der Waals surface area contributed by atoms with Gasteiger partial charge in [-0.2, -0.15) is 0 Å². The second kappa shape index (κ2) is 8.81. The number of carbonyl (C=O) groups excluding carboxylic acids is 1. The zero-order valence-corrected chi connectivity index (χ0v) is 17.4. The minimum atomic E-state index is -0.522. The molecule has 0 unspecified atom stereocenters. The maximum atomic E-state index is 14.4. The molecule has 2 fully saturated rings. The van der Waals surface area contributed by atoms with Gasteiger partial charge in [-0.1, -0.05) is 22.8 Å². The summed E-state index contributed by atoms with van der Waals surface area (Å²) in [5, 5.41) is 4.16. The Balaban J connectivity index is 1.44. The van der Waals surface area contributed by atoms with Crippen molar-refractivity contribution in [3.05, 3.63) is 40.4 Å². The molecule has 0 aliphatic carbocycles. The molecule has 0 spiro atoms. The predicted molar refractivity (Wildman–Crippen MR) is 110 cm³/mol. The molecule has 0 radical (unpaired) electrons. The third-order valence-corrected chi connectivity index (χ3v) is 6.18. The molecule has 2 aliphatic heterocycles. The van der Waals surface area contributed by atoms with Gasteiger partial charge < -0.3 is 14.3 Å². The third kappa shape index (κ3) is 4.32. The molecule has 0 bridgehead atoms. The summed E-state index contributed by atoms with van der Waals surface area (Å²) in [5.74, 6) is -0.329. The van der Waals surface area contributed by atoms with Crippen LogP contribution in [0.25, 0.3) is 11.3 Å². The smallest absolute Gasteiger partial charge is 0.259 e. The first-order valence-corrected chi connectivity index (χ1v) is 10.6. The number of rotatable bonds is 5. The first-order valence-electron chi connectivity index (χ1n) is 10.2. The summed E-state index contributed by atoms with van der Waals surface area (Å²) in [4.78, 5) is 19.9. The van der Waals surface area contributed by atoms with Crippen molar-refractivity contribution >= 4 is 17.5 Å². The van der Waals surface area contributed by atoms with Gasteiger partial charge in [0.2, 0.25) is 0 Å². The van der Waals surface area contributed by atoms with E-state index in [2.05, 4.69) is 15.0 Å². The quantitative estimate of drug-likeness (QED) is 0.742. The van der Waals surface area contributed by atoms with Gasteiger partial charge in [0.05, 0.1) is 10.6 Å². The highest BCUT2D eigenvalue weighted by Gasteiger charge is 2.30. The number of halogens is 2. The Morgan fingerprint density at radius 1 is 1.10 bits per heavy atom. The first kappa shape index (κ1) is 20.3. The number of piperazine rings is 1. The summed E-state index contributed by atoms with van der Waals surface area (Å²) >= 11 is 6.19. The van der Waals surface area contributed by atoms with E-state index in [1.807, 2.05) is 0 Å². The number of benzene rings is 1. The number of nitrogens with zero attached hydrogens (tertiary/aromatic N) is 4. The summed E-state index contributed by atoms with van der Waals surface area (Å²) in [6.07, 6.45) is 2.60. The van der Waals surface area contributed by atoms with Gasteiger partial charge >= 0.3 is 0 Å². The maximum absolute atomic E-state index is 14.4. The second-order valence-corrected chi connectivity index (χ2v) is 8.15. The van der Waals surface area contributed by atoms with Gasteiger partial charge in [0.1, 0.15) is 22.8 Å². The summed E-state index contributed by atoms with van der Waals surface area (Å²) in [6, 6.07) is 4.41. The van der Waals surface area contributed by atoms with Crippen molar-refractivity contribution in [2.75, 3.05) is 52.4 Å². The van der Waals surface area contributed by atoms with E-state index in [4.69, 9.17) is 16.1 Å². The summed E-state index contributed by atoms with van der Waals surface area (Å²) in [6.45, 7) is 9.13. The van der Waals surface area contributed by atoms with Crippen LogP contribution in [0.15, 0.2) is 22.7 Å². The van der Waals surface area contributed by atoms with Gasteiger partial charge in [0, 0.05) is 39.3 Å². The molecule has 2 saturated heterocycles. The Kier molecular flexibility index (Phi) is 6.18. The van der Waals surface area contributed by atoms with Crippen LogP contribution < -0.4 is 0 Å². The van der Waals surface area contributed by atoms with Crippen molar-refractivity contribution in [3.8, 4) is 11.3 Å². The van der Waals surface area contributed by atoms with E-state index in [1.54, 1.807) is 17.9 Å². The molecule has 8 heteroatoms. The lowest BCUT2D eigenvalue weighted by Crippen LogP contribution is -2.50. The van der Waals surface area contributed by atoms with Crippen LogP contribution >= 0.6 is 11.6 Å². The lowest BCUT2D eigenvalue weighted by Gasteiger charge is -2.35. The Hall–Kier alpha value is -1.96. The lowest BCUT2D eigenvalue weighted by molar-refractivity contribution is 0.0625. The van der Waals surface area contributed by atoms with Crippen LogP contribution in [-0.2, 0) is 0 Å². The normalized spacial score (nSPS) is 18.5. The van der Waals surface area contributed by atoms with Crippen LogP contribution in [0.3, 0.4) is 0 Å². The van der Waals surface area contributed by atoms with Crippen LogP contribution in [0.2, 0.25) is 5.02 Å². The van der Waals surface area contributed by atoms with Crippen molar-refractivity contribution in [2.45, 2.75) is 19.8 Å². The minimum absolute atomic E-state index is 0.110. The molecular weight excluding hydrogens is 395 g/mol. The molecule has 1 amide bonds. The summed E-state index contributed by atoms with van der Waals surface area (Å²) in [7, 11) is 0. The fraction of sp³-hybridized carbons (Fsp3) is 0.524. The molecule has 0 saturated carbocycles. The number of hydrogen-bond acceptors (Lipinski definition) is 5. The van der Waals surface area contributed by atoms with Crippen LogP contribution in [-0.4, -0.2) is 78.1 Å². The zero-order valence-electron chi connectivity index (χ0n) is 16.7. The highest BCUT2D eigenvalue weighted by atomic mass is 35.5. The monoisotopic (exact) mass is 420 g/mol. The highest BCUT2D eigenvalue weighted by Crippen LogP contribution is 2.34. The molecule has 6 nitrogen and oxygen atoms in total. The van der Waals surface area contributed by atoms with Crippen molar-refractivity contribution < 1.29 is 13.7 Å². The number of carbonyl (C=O) groups is 1. The van der Waals surface area contributed by atoms with Gasteiger partial charge in [-0.15, -0.1) is 0 Å². The Morgan fingerprint density at radius 3 is 2.41 bits per heavy atom. The number of aromatic nitrogens is 1. The van der Waals surface area contributed by atoms with E-state index in [9.17, 15) is 9.18 Å². The molecule has 4 rings (SSSR count). The number of amides is 1. The molecule has 1 aromatic carbocycles. The SMILES string of the molecule is Cc1onc(-c2c(F)cccc2Cl)c1C(=O)N1CCN(CCN2CCCC2)CC1. The zero-order chi connectivity index (χ0) is 20.4. The highest BCUT2D eigenvalue weighted by molar-refractivity contribution is 6.33. The van der Waals surface area contributed by atoms with Crippen LogP contribution in [0.1, 0.15) is 29.0 Å². The van der Waals surface area contributed by atoms with Crippen LogP contribution in [0, 0.1) is 12.7 Å². The standard InChI is InChI=1S/C21H26ClFN4O2/c1-15-18(20(24-29-15)19-16(22)5-4-6-17(19)23)21(28)27-13-11-26(12-14-27)10-9-25-7-2-3-8-25/h4-6H,2-3,7-14H2,1H3. The molecule has 0 N–H and O–H groups in total. The topological polar surface area (TPSA) is 52.8 Å². The molecule has 3 heterocycles. The largest absolute Gasteiger partial charge is 0.360 e. The summed E-state index contributed by atoms with van der Waals surface area (Å²) < 4.78 is 19.6. The molecule has 156 valence electrons. The van der Waals surface area contributed by atoms with Gasteiger partial charge in [0.15, 0.2) is 0 Å². The molecule has 1 aromatic heterocycles. The van der Waals surface area contributed by atoms with E-state index < -0.39 is 5.82 Å². The maximum Gasteiger partial charge on any atom is 0.259 e. The fourth-order valence-electron chi connectivity index (χ4n) is 4.14. The van der Waals surface area contributed by atoms with E-state index in [1.165, 1.54) is 38.1 Å². The first-order chi connectivity index (χ1) is 14.0. The third-order valence-electron chi connectivity index (χ3n) is 5.87. The van der Waals surface area contributed by atoms with Crippen LogP contribution in [0.5, 0.6) is 0 Å².